The number of nitrogens with two attached hydrogens (primary N) is 1. The van der Waals surface area contributed by atoms with Crippen LogP contribution < -0.4 is 5.73 Å². The van der Waals surface area contributed by atoms with Gasteiger partial charge in [0.1, 0.15) is 6.04 Å². The van der Waals surface area contributed by atoms with E-state index in [-0.39, 0.29) is 11.7 Å². The third-order valence-corrected chi connectivity index (χ3v) is 4.01. The molecule has 0 radical (unpaired) electrons. The summed E-state index contributed by atoms with van der Waals surface area (Å²) in [5.74, 6) is -0.315. The predicted octanol–water partition coefficient (Wildman–Crippen LogP) is 0.532. The Morgan fingerprint density at radius 1 is 1.53 bits per heavy atom. The number of aliphatic carboxylic acids is 1. The Morgan fingerprint density at radius 2 is 2.24 bits per heavy atom. The fourth-order valence-corrected chi connectivity index (χ4v) is 2.75. The van der Waals surface area contributed by atoms with E-state index in [0.717, 1.165) is 19.4 Å². The molecule has 0 aromatic carbocycles. The molecule has 98 valence electrons. The molecule has 6 heteroatoms. The number of hydrogen-bond donors (Lipinski definition) is 2. The largest absolute Gasteiger partial charge is 0.480 e. The van der Waals surface area contributed by atoms with Crippen molar-refractivity contribution < 1.29 is 14.7 Å². The maximum absolute atomic E-state index is 11.9. The molecule has 0 saturated carbocycles. The first-order chi connectivity index (χ1) is 8.02. The van der Waals surface area contributed by atoms with E-state index in [2.05, 4.69) is 6.92 Å². The summed E-state index contributed by atoms with van der Waals surface area (Å²) in [6.45, 7) is 2.89. The molecule has 0 aromatic heterocycles. The Balaban J connectivity index is 2.26. The molecule has 1 saturated heterocycles. The second-order valence-corrected chi connectivity index (χ2v) is 5.42. The number of carbonyl (C=O) groups is 2. The number of thioether (sulfide) groups is 1. The zero-order valence-corrected chi connectivity index (χ0v) is 10.9. The molecule has 1 amide bonds. The first kappa shape index (κ1) is 14.3. The first-order valence-corrected chi connectivity index (χ1v) is 7.03. The summed E-state index contributed by atoms with van der Waals surface area (Å²) in [7, 11) is 0. The van der Waals surface area contributed by atoms with Gasteiger partial charge in [0.2, 0.25) is 5.91 Å². The van der Waals surface area contributed by atoms with Gasteiger partial charge in [0.05, 0.1) is 5.75 Å². The van der Waals surface area contributed by atoms with Gasteiger partial charge in [0.15, 0.2) is 0 Å². The summed E-state index contributed by atoms with van der Waals surface area (Å²) in [4.78, 5) is 24.3. The van der Waals surface area contributed by atoms with Gasteiger partial charge in [-0.3, -0.25) is 9.59 Å². The summed E-state index contributed by atoms with van der Waals surface area (Å²) in [5.41, 5.74) is 5.36. The minimum absolute atomic E-state index is 0.0970. The minimum atomic E-state index is -1.02. The quantitative estimate of drug-likeness (QED) is 0.753. The van der Waals surface area contributed by atoms with Crippen molar-refractivity contribution >= 4 is 23.6 Å². The lowest BCUT2D eigenvalue weighted by atomic mass is 10.0. The topological polar surface area (TPSA) is 83.6 Å². The lowest BCUT2D eigenvalue weighted by Gasteiger charge is -2.33. The number of carboxylic acids is 1. The van der Waals surface area contributed by atoms with Gasteiger partial charge >= 0.3 is 5.97 Å². The molecule has 0 spiro atoms. The molecule has 1 fully saturated rings. The molecular formula is C11H20N2O3S. The second kappa shape index (κ2) is 6.86. The molecule has 17 heavy (non-hydrogen) atoms. The lowest BCUT2D eigenvalue weighted by Crippen LogP contribution is -2.43. The molecule has 1 aliphatic rings. The van der Waals surface area contributed by atoms with Gasteiger partial charge in [0.25, 0.3) is 0 Å². The fraction of sp³-hybridized carbons (Fsp3) is 0.818. The maximum atomic E-state index is 11.9. The number of carbonyl (C=O) groups excluding carboxylic acids is 1. The molecule has 3 N–H and O–H groups in total. The first-order valence-electron chi connectivity index (χ1n) is 5.88. The SMILES string of the molecule is CC1CCCCN1C(=O)CSC[C@@H](N)C(=O)O. The van der Waals surface area contributed by atoms with Gasteiger partial charge in [-0.15, -0.1) is 11.8 Å². The van der Waals surface area contributed by atoms with Crippen molar-refractivity contribution in [1.29, 1.82) is 0 Å². The van der Waals surface area contributed by atoms with Crippen LogP contribution >= 0.6 is 11.8 Å². The third-order valence-electron chi connectivity index (χ3n) is 2.96. The van der Waals surface area contributed by atoms with E-state index in [4.69, 9.17) is 10.8 Å². The minimum Gasteiger partial charge on any atom is -0.480 e. The Hall–Kier alpha value is -0.750. The van der Waals surface area contributed by atoms with Crippen LogP contribution in [0.2, 0.25) is 0 Å². The van der Waals surface area contributed by atoms with Crippen LogP contribution in [-0.4, -0.2) is 52.0 Å². The number of nitrogens with zero attached hydrogens (tertiary/aromatic N) is 1. The van der Waals surface area contributed by atoms with E-state index in [1.54, 1.807) is 0 Å². The fourth-order valence-electron chi connectivity index (χ4n) is 1.90. The number of carboxylic acid groups (broad SMARTS) is 1. The number of rotatable bonds is 5. The summed E-state index contributed by atoms with van der Waals surface area (Å²) >= 11 is 1.30. The molecule has 2 atom stereocenters. The smallest absolute Gasteiger partial charge is 0.321 e. The van der Waals surface area contributed by atoms with Crippen LogP contribution in [0.3, 0.4) is 0 Å². The average molecular weight is 260 g/mol. The highest BCUT2D eigenvalue weighted by Gasteiger charge is 2.23. The van der Waals surface area contributed by atoms with Gasteiger partial charge in [-0.05, 0) is 26.2 Å². The van der Waals surface area contributed by atoms with Crippen LogP contribution in [-0.2, 0) is 9.59 Å². The van der Waals surface area contributed by atoms with Gasteiger partial charge in [-0.1, -0.05) is 0 Å². The van der Waals surface area contributed by atoms with E-state index < -0.39 is 12.0 Å². The monoisotopic (exact) mass is 260 g/mol. The molecule has 0 aliphatic carbocycles. The van der Waals surface area contributed by atoms with E-state index in [1.807, 2.05) is 4.90 Å². The van der Waals surface area contributed by atoms with Crippen LogP contribution in [0.4, 0.5) is 0 Å². The third kappa shape index (κ3) is 4.55. The Morgan fingerprint density at radius 3 is 2.82 bits per heavy atom. The van der Waals surface area contributed by atoms with Crippen molar-refractivity contribution in [3.63, 3.8) is 0 Å². The Kier molecular flexibility index (Phi) is 5.77. The molecular weight excluding hydrogens is 240 g/mol. The highest BCUT2D eigenvalue weighted by atomic mass is 32.2. The highest BCUT2D eigenvalue weighted by molar-refractivity contribution is 8.00. The van der Waals surface area contributed by atoms with Crippen molar-refractivity contribution in [2.45, 2.75) is 38.3 Å². The molecule has 0 aromatic rings. The van der Waals surface area contributed by atoms with Crippen LogP contribution in [0.25, 0.3) is 0 Å². The summed E-state index contributed by atoms with van der Waals surface area (Å²) in [6, 6.07) is -0.573. The van der Waals surface area contributed by atoms with Gasteiger partial charge in [0, 0.05) is 18.3 Å². The summed E-state index contributed by atoms with van der Waals surface area (Å²) in [6.07, 6.45) is 3.31. The van der Waals surface area contributed by atoms with Gasteiger partial charge < -0.3 is 15.7 Å². The second-order valence-electron chi connectivity index (χ2n) is 4.39. The zero-order chi connectivity index (χ0) is 12.8. The average Bonchev–Trinajstić information content (AvgIpc) is 2.29. The van der Waals surface area contributed by atoms with Crippen LogP contribution in [0.1, 0.15) is 26.2 Å². The Bertz CT molecular complexity index is 286. The zero-order valence-electron chi connectivity index (χ0n) is 10.1. The van der Waals surface area contributed by atoms with Crippen molar-refractivity contribution in [2.75, 3.05) is 18.1 Å². The van der Waals surface area contributed by atoms with Crippen molar-refractivity contribution in [2.24, 2.45) is 5.73 Å². The van der Waals surface area contributed by atoms with Crippen LogP contribution in [0, 0.1) is 0 Å². The number of likely N-dealkylation sites (tertiary alicyclic amines) is 1. The number of hydrogen-bond acceptors (Lipinski definition) is 4. The lowest BCUT2D eigenvalue weighted by molar-refractivity contribution is -0.138. The highest BCUT2D eigenvalue weighted by Crippen LogP contribution is 2.17. The number of amides is 1. The standard InChI is InChI=1S/C11H20N2O3S/c1-8-4-2-3-5-13(8)10(14)7-17-6-9(12)11(15)16/h8-9H,2-7,12H2,1H3,(H,15,16)/t8?,9-/m1/s1. The number of piperidine rings is 1. The molecule has 1 heterocycles. The van der Waals surface area contributed by atoms with Crippen LogP contribution in [0.15, 0.2) is 0 Å². The predicted molar refractivity (Wildman–Crippen MR) is 68.0 cm³/mol. The van der Waals surface area contributed by atoms with Crippen molar-refractivity contribution in [3.8, 4) is 0 Å². The van der Waals surface area contributed by atoms with E-state index in [1.165, 1.54) is 18.2 Å². The normalized spacial score (nSPS) is 22.2. The summed E-state index contributed by atoms with van der Waals surface area (Å²) in [5, 5.41) is 8.60. The Labute approximate surface area is 106 Å². The maximum Gasteiger partial charge on any atom is 0.321 e. The van der Waals surface area contributed by atoms with E-state index in [9.17, 15) is 9.59 Å². The molecule has 5 nitrogen and oxygen atoms in total. The van der Waals surface area contributed by atoms with Crippen molar-refractivity contribution in [3.05, 3.63) is 0 Å². The molecule has 1 rings (SSSR count). The summed E-state index contributed by atoms with van der Waals surface area (Å²) < 4.78 is 0. The van der Waals surface area contributed by atoms with Gasteiger partial charge in [-0.2, -0.15) is 0 Å². The van der Waals surface area contributed by atoms with Crippen LogP contribution in [0.5, 0.6) is 0 Å². The van der Waals surface area contributed by atoms with Crippen molar-refractivity contribution in [1.82, 2.24) is 4.90 Å². The van der Waals surface area contributed by atoms with E-state index >= 15 is 0 Å². The molecule has 0 bridgehead atoms. The molecule has 1 aliphatic heterocycles. The van der Waals surface area contributed by atoms with Gasteiger partial charge in [-0.25, -0.2) is 0 Å². The molecule has 1 unspecified atom stereocenters. The van der Waals surface area contributed by atoms with E-state index in [0.29, 0.717) is 11.8 Å².